The molecular weight excluding hydrogens is 350 g/mol. The molecule has 0 amide bonds. The molecule has 0 spiro atoms. The summed E-state index contributed by atoms with van der Waals surface area (Å²) in [6.07, 6.45) is 0. The van der Waals surface area contributed by atoms with E-state index in [1.54, 1.807) is 22.9 Å². The number of rotatable bonds is 3. The number of aryl methyl sites for hydroxylation is 2. The molecule has 2 rings (SSSR count). The molecule has 0 saturated carbocycles. The molecule has 7 heteroatoms. The van der Waals surface area contributed by atoms with Crippen molar-refractivity contribution in [3.05, 3.63) is 39.1 Å². The summed E-state index contributed by atoms with van der Waals surface area (Å²) in [4.78, 5) is 0.549. The quantitative estimate of drug-likeness (QED) is 0.854. The Morgan fingerprint density at radius 3 is 2.79 bits per heavy atom. The molecule has 0 aliphatic rings. The van der Waals surface area contributed by atoms with Gasteiger partial charge in [-0.1, -0.05) is 11.6 Å². The van der Waals surface area contributed by atoms with Gasteiger partial charge in [-0.2, -0.15) is 5.10 Å². The Kier molecular flexibility index (Phi) is 4.32. The molecule has 19 heavy (non-hydrogen) atoms. The van der Waals surface area contributed by atoms with Crippen molar-refractivity contribution < 1.29 is 4.21 Å². The lowest BCUT2D eigenvalue weighted by Crippen LogP contribution is -2.04. The summed E-state index contributed by atoms with van der Waals surface area (Å²) in [5, 5.41) is 4.74. The maximum absolute atomic E-state index is 12.4. The van der Waals surface area contributed by atoms with Gasteiger partial charge in [-0.3, -0.25) is 8.89 Å². The molecule has 1 atom stereocenters. The third kappa shape index (κ3) is 3.01. The first kappa shape index (κ1) is 14.6. The summed E-state index contributed by atoms with van der Waals surface area (Å²) in [5.41, 5.74) is 7.99. The van der Waals surface area contributed by atoms with Crippen LogP contribution in [0.25, 0.3) is 0 Å². The Labute approximate surface area is 127 Å². The molecule has 2 N–H and O–H groups in total. The smallest absolute Gasteiger partial charge is 0.0738 e. The molecule has 2 aromatic rings. The monoisotopic (exact) mass is 361 g/mol. The van der Waals surface area contributed by atoms with Gasteiger partial charge in [0, 0.05) is 12.7 Å². The second-order valence-electron chi connectivity index (χ2n) is 4.15. The van der Waals surface area contributed by atoms with Crippen molar-refractivity contribution in [3.63, 3.8) is 0 Å². The Balaban J connectivity index is 2.33. The minimum atomic E-state index is -1.27. The average Bonchev–Trinajstić information content (AvgIpc) is 2.59. The fourth-order valence-electron chi connectivity index (χ4n) is 1.73. The van der Waals surface area contributed by atoms with Crippen LogP contribution in [0.5, 0.6) is 0 Å². The third-order valence-electron chi connectivity index (χ3n) is 2.73. The van der Waals surface area contributed by atoms with E-state index in [4.69, 9.17) is 17.3 Å². The molecule has 0 radical (unpaired) electrons. The minimum absolute atomic E-state index is 0.334. The second kappa shape index (κ2) is 5.64. The van der Waals surface area contributed by atoms with Gasteiger partial charge in [-0.15, -0.1) is 0 Å². The van der Waals surface area contributed by atoms with Crippen LogP contribution in [0.2, 0.25) is 5.02 Å². The Morgan fingerprint density at radius 2 is 2.21 bits per heavy atom. The fraction of sp³-hybridized carbons (Fsp3) is 0.250. The highest BCUT2D eigenvalue weighted by Crippen LogP contribution is 2.27. The van der Waals surface area contributed by atoms with Crippen LogP contribution in [-0.4, -0.2) is 14.0 Å². The summed E-state index contributed by atoms with van der Waals surface area (Å²) < 4.78 is 15.0. The van der Waals surface area contributed by atoms with E-state index in [1.807, 2.05) is 14.0 Å². The van der Waals surface area contributed by atoms with E-state index in [1.165, 1.54) is 0 Å². The highest BCUT2D eigenvalue weighted by atomic mass is 79.9. The van der Waals surface area contributed by atoms with E-state index < -0.39 is 10.8 Å². The van der Waals surface area contributed by atoms with Gasteiger partial charge in [0.15, 0.2) is 0 Å². The van der Waals surface area contributed by atoms with Crippen LogP contribution in [0.4, 0.5) is 5.69 Å². The molecule has 0 aliphatic carbocycles. The molecule has 1 aromatic heterocycles. The molecule has 102 valence electrons. The van der Waals surface area contributed by atoms with Crippen LogP contribution >= 0.6 is 27.5 Å². The SMILES string of the molecule is Cc1nn(C)c(CS(=O)c2cc(N)ccc2Cl)c1Br. The maximum Gasteiger partial charge on any atom is 0.0738 e. The summed E-state index contributed by atoms with van der Waals surface area (Å²) in [5.74, 6) is 0.334. The number of anilines is 1. The number of hydrogen-bond acceptors (Lipinski definition) is 3. The van der Waals surface area contributed by atoms with Crippen LogP contribution in [0.3, 0.4) is 0 Å². The van der Waals surface area contributed by atoms with E-state index in [0.29, 0.717) is 21.4 Å². The molecule has 4 nitrogen and oxygen atoms in total. The van der Waals surface area contributed by atoms with Gasteiger partial charge >= 0.3 is 0 Å². The van der Waals surface area contributed by atoms with Crippen LogP contribution in [-0.2, 0) is 23.6 Å². The average molecular weight is 363 g/mol. The number of halogens is 2. The number of nitrogens with two attached hydrogens (primary N) is 1. The lowest BCUT2D eigenvalue weighted by Gasteiger charge is -2.07. The Hall–Kier alpha value is -0.850. The summed E-state index contributed by atoms with van der Waals surface area (Å²) >= 11 is 9.52. The largest absolute Gasteiger partial charge is 0.399 e. The van der Waals surface area contributed by atoms with Crippen molar-refractivity contribution >= 4 is 44.0 Å². The maximum atomic E-state index is 12.4. The first-order valence-electron chi connectivity index (χ1n) is 5.51. The van der Waals surface area contributed by atoms with E-state index in [2.05, 4.69) is 21.0 Å². The molecular formula is C12H13BrClN3OS. The molecule has 0 fully saturated rings. The van der Waals surface area contributed by atoms with Gasteiger partial charge in [-0.05, 0) is 41.1 Å². The zero-order chi connectivity index (χ0) is 14.2. The third-order valence-corrected chi connectivity index (χ3v) is 5.57. The summed E-state index contributed by atoms with van der Waals surface area (Å²) in [7, 11) is 0.558. The van der Waals surface area contributed by atoms with Crippen LogP contribution in [0.1, 0.15) is 11.4 Å². The fourth-order valence-corrected chi connectivity index (χ4v) is 4.06. The summed E-state index contributed by atoms with van der Waals surface area (Å²) in [6.45, 7) is 1.89. The molecule has 1 unspecified atom stereocenters. The Bertz CT molecular complexity index is 657. The lowest BCUT2D eigenvalue weighted by atomic mass is 10.3. The highest BCUT2D eigenvalue weighted by molar-refractivity contribution is 9.10. The molecule has 0 aliphatic heterocycles. The number of hydrogen-bond donors (Lipinski definition) is 1. The van der Waals surface area contributed by atoms with E-state index in [9.17, 15) is 4.21 Å². The molecule has 1 aromatic carbocycles. The second-order valence-corrected chi connectivity index (χ2v) is 6.77. The number of nitrogens with zero attached hydrogens (tertiary/aromatic N) is 2. The van der Waals surface area contributed by atoms with Crippen molar-refractivity contribution in [2.45, 2.75) is 17.6 Å². The van der Waals surface area contributed by atoms with Gasteiger partial charge in [0.05, 0.1) is 42.3 Å². The number of nitrogen functional groups attached to an aromatic ring is 1. The predicted molar refractivity (Wildman–Crippen MR) is 81.6 cm³/mol. The Morgan fingerprint density at radius 1 is 1.53 bits per heavy atom. The van der Waals surface area contributed by atoms with Crippen molar-refractivity contribution in [1.82, 2.24) is 9.78 Å². The van der Waals surface area contributed by atoms with Gasteiger partial charge < -0.3 is 5.73 Å². The van der Waals surface area contributed by atoms with Crippen LogP contribution in [0, 0.1) is 6.92 Å². The van der Waals surface area contributed by atoms with Crippen molar-refractivity contribution in [2.24, 2.45) is 7.05 Å². The van der Waals surface area contributed by atoms with Crippen molar-refractivity contribution in [2.75, 3.05) is 5.73 Å². The number of aromatic nitrogens is 2. The van der Waals surface area contributed by atoms with E-state index in [0.717, 1.165) is 15.9 Å². The van der Waals surface area contributed by atoms with Gasteiger partial charge in [-0.25, -0.2) is 0 Å². The normalized spacial score (nSPS) is 12.6. The molecule has 0 saturated heterocycles. The zero-order valence-corrected chi connectivity index (χ0v) is 13.6. The minimum Gasteiger partial charge on any atom is -0.399 e. The van der Waals surface area contributed by atoms with E-state index in [-0.39, 0.29) is 0 Å². The lowest BCUT2D eigenvalue weighted by molar-refractivity contribution is 0.676. The summed E-state index contributed by atoms with van der Waals surface area (Å²) in [6, 6.07) is 5.00. The van der Waals surface area contributed by atoms with Crippen molar-refractivity contribution in [3.8, 4) is 0 Å². The highest BCUT2D eigenvalue weighted by Gasteiger charge is 2.16. The van der Waals surface area contributed by atoms with Gasteiger partial charge in [0.25, 0.3) is 0 Å². The van der Waals surface area contributed by atoms with Crippen molar-refractivity contribution in [1.29, 1.82) is 0 Å². The first-order valence-corrected chi connectivity index (χ1v) is 8.00. The zero-order valence-electron chi connectivity index (χ0n) is 10.5. The van der Waals surface area contributed by atoms with Gasteiger partial charge in [0.1, 0.15) is 0 Å². The first-order chi connectivity index (χ1) is 8.90. The number of benzene rings is 1. The standard InChI is InChI=1S/C12H13BrClN3OS/c1-7-12(13)10(17(2)16-7)6-19(18)11-5-8(15)3-4-9(11)14/h3-5H,6,15H2,1-2H3. The van der Waals surface area contributed by atoms with Gasteiger partial charge in [0.2, 0.25) is 0 Å². The topological polar surface area (TPSA) is 60.9 Å². The van der Waals surface area contributed by atoms with E-state index >= 15 is 0 Å². The van der Waals surface area contributed by atoms with Crippen LogP contribution < -0.4 is 5.73 Å². The molecule has 0 bridgehead atoms. The van der Waals surface area contributed by atoms with Crippen LogP contribution in [0.15, 0.2) is 27.6 Å². The predicted octanol–water partition coefficient (Wildman–Crippen LogP) is 3.03. The molecule has 1 heterocycles.